The van der Waals surface area contributed by atoms with E-state index in [-0.39, 0.29) is 0 Å². The second-order valence-electron chi connectivity index (χ2n) is 4.73. The molecule has 2 aliphatic rings. The van der Waals surface area contributed by atoms with Crippen LogP contribution in [0.25, 0.3) is 0 Å². The molecule has 1 aliphatic heterocycles. The number of ether oxygens (including phenoxy) is 1. The van der Waals surface area contributed by atoms with Crippen LogP contribution in [0.3, 0.4) is 0 Å². The van der Waals surface area contributed by atoms with Gasteiger partial charge in [-0.05, 0) is 44.6 Å². The van der Waals surface area contributed by atoms with Crippen molar-refractivity contribution in [2.75, 3.05) is 13.2 Å². The summed E-state index contributed by atoms with van der Waals surface area (Å²) in [6, 6.07) is 0.782. The van der Waals surface area contributed by atoms with Gasteiger partial charge in [0.15, 0.2) is 0 Å². The first-order valence-corrected chi connectivity index (χ1v) is 6.25. The van der Waals surface area contributed by atoms with Crippen molar-refractivity contribution in [3.05, 3.63) is 0 Å². The Hall–Kier alpha value is -0.0800. The molecule has 1 N–H and O–H groups in total. The molecule has 0 radical (unpaired) electrons. The molecule has 3 unspecified atom stereocenters. The summed E-state index contributed by atoms with van der Waals surface area (Å²) in [4.78, 5) is 0. The van der Waals surface area contributed by atoms with E-state index in [0.29, 0.717) is 6.10 Å². The Bertz CT molecular complexity index is 166. The summed E-state index contributed by atoms with van der Waals surface area (Å²) in [5.41, 5.74) is 0. The van der Waals surface area contributed by atoms with Crippen LogP contribution in [0.1, 0.15) is 45.4 Å². The van der Waals surface area contributed by atoms with Crippen molar-refractivity contribution < 1.29 is 4.74 Å². The van der Waals surface area contributed by atoms with Crippen LogP contribution in [0.15, 0.2) is 0 Å². The highest BCUT2D eigenvalue weighted by atomic mass is 16.5. The van der Waals surface area contributed by atoms with Crippen molar-refractivity contribution in [1.29, 1.82) is 0 Å². The standard InChI is InChI=1S/C12H23NO/c1-2-13-12-7-3-5-10(12)9-11-6-4-8-14-11/h10-13H,2-9H2,1H3. The maximum Gasteiger partial charge on any atom is 0.0579 e. The van der Waals surface area contributed by atoms with Gasteiger partial charge in [0.1, 0.15) is 0 Å². The normalized spacial score (nSPS) is 37.9. The topological polar surface area (TPSA) is 21.3 Å². The average Bonchev–Trinajstić information content (AvgIpc) is 2.80. The lowest BCUT2D eigenvalue weighted by atomic mass is 9.95. The lowest BCUT2D eigenvalue weighted by Crippen LogP contribution is -2.33. The summed E-state index contributed by atoms with van der Waals surface area (Å²) < 4.78 is 5.71. The Kier molecular flexibility index (Phi) is 3.82. The van der Waals surface area contributed by atoms with Gasteiger partial charge in [-0.3, -0.25) is 0 Å². The van der Waals surface area contributed by atoms with Crippen LogP contribution < -0.4 is 5.32 Å². The number of nitrogens with one attached hydrogen (secondary N) is 1. The van der Waals surface area contributed by atoms with Crippen LogP contribution >= 0.6 is 0 Å². The van der Waals surface area contributed by atoms with Gasteiger partial charge in [0, 0.05) is 12.6 Å². The van der Waals surface area contributed by atoms with E-state index in [9.17, 15) is 0 Å². The summed E-state index contributed by atoms with van der Waals surface area (Å²) in [5.74, 6) is 0.887. The molecule has 2 heteroatoms. The van der Waals surface area contributed by atoms with Crippen LogP contribution in [0.2, 0.25) is 0 Å². The van der Waals surface area contributed by atoms with Crippen molar-refractivity contribution in [3.8, 4) is 0 Å². The molecule has 0 aromatic heterocycles. The predicted octanol–water partition coefficient (Wildman–Crippen LogP) is 2.33. The van der Waals surface area contributed by atoms with Crippen LogP contribution in [0, 0.1) is 5.92 Å². The third kappa shape index (κ3) is 2.48. The van der Waals surface area contributed by atoms with E-state index in [1.165, 1.54) is 38.5 Å². The minimum Gasteiger partial charge on any atom is -0.378 e. The molecule has 0 bridgehead atoms. The van der Waals surface area contributed by atoms with Crippen molar-refractivity contribution in [2.45, 2.75) is 57.6 Å². The molecule has 1 aliphatic carbocycles. The van der Waals surface area contributed by atoms with Gasteiger partial charge in [0.05, 0.1) is 6.10 Å². The van der Waals surface area contributed by atoms with E-state index < -0.39 is 0 Å². The largest absolute Gasteiger partial charge is 0.378 e. The Morgan fingerprint density at radius 3 is 2.86 bits per heavy atom. The van der Waals surface area contributed by atoms with Crippen LogP contribution in [-0.4, -0.2) is 25.3 Å². The molecule has 2 rings (SSSR count). The highest BCUT2D eigenvalue weighted by molar-refractivity contribution is 4.85. The van der Waals surface area contributed by atoms with E-state index in [1.807, 2.05) is 0 Å². The second kappa shape index (κ2) is 5.13. The minimum absolute atomic E-state index is 0.583. The monoisotopic (exact) mass is 197 g/mol. The Morgan fingerprint density at radius 1 is 1.21 bits per heavy atom. The highest BCUT2D eigenvalue weighted by Gasteiger charge is 2.30. The molecule has 82 valence electrons. The quantitative estimate of drug-likeness (QED) is 0.747. The molecule has 0 spiro atoms. The molecule has 0 amide bonds. The summed E-state index contributed by atoms with van der Waals surface area (Å²) in [7, 11) is 0. The van der Waals surface area contributed by atoms with Gasteiger partial charge < -0.3 is 10.1 Å². The molecule has 0 aromatic carbocycles. The summed E-state index contributed by atoms with van der Waals surface area (Å²) >= 11 is 0. The van der Waals surface area contributed by atoms with Crippen molar-refractivity contribution in [2.24, 2.45) is 5.92 Å². The molecule has 3 atom stereocenters. The fourth-order valence-electron chi connectivity index (χ4n) is 3.02. The van der Waals surface area contributed by atoms with E-state index >= 15 is 0 Å². The van der Waals surface area contributed by atoms with Gasteiger partial charge in [-0.15, -0.1) is 0 Å². The lowest BCUT2D eigenvalue weighted by Gasteiger charge is -2.22. The number of rotatable bonds is 4. The SMILES string of the molecule is CCNC1CCCC1CC1CCCO1. The van der Waals surface area contributed by atoms with Crippen LogP contribution in [0.5, 0.6) is 0 Å². The van der Waals surface area contributed by atoms with E-state index in [0.717, 1.165) is 25.1 Å². The molecule has 1 saturated carbocycles. The van der Waals surface area contributed by atoms with Crippen molar-refractivity contribution in [3.63, 3.8) is 0 Å². The lowest BCUT2D eigenvalue weighted by molar-refractivity contribution is 0.0863. The summed E-state index contributed by atoms with van der Waals surface area (Å²) in [6.45, 7) is 4.33. The average molecular weight is 197 g/mol. The van der Waals surface area contributed by atoms with Gasteiger partial charge in [0.25, 0.3) is 0 Å². The Labute approximate surface area is 87.4 Å². The zero-order chi connectivity index (χ0) is 9.80. The van der Waals surface area contributed by atoms with Crippen LogP contribution in [-0.2, 0) is 4.74 Å². The highest BCUT2D eigenvalue weighted by Crippen LogP contribution is 2.32. The Balaban J connectivity index is 1.77. The van der Waals surface area contributed by atoms with Crippen molar-refractivity contribution >= 4 is 0 Å². The molecule has 1 heterocycles. The van der Waals surface area contributed by atoms with Gasteiger partial charge in [-0.1, -0.05) is 13.3 Å². The first kappa shape index (κ1) is 10.4. The van der Waals surface area contributed by atoms with Gasteiger partial charge in [-0.25, -0.2) is 0 Å². The second-order valence-corrected chi connectivity index (χ2v) is 4.73. The Morgan fingerprint density at radius 2 is 2.14 bits per heavy atom. The smallest absolute Gasteiger partial charge is 0.0579 e. The summed E-state index contributed by atoms with van der Waals surface area (Å²) in [5, 5.41) is 3.61. The van der Waals surface area contributed by atoms with Crippen molar-refractivity contribution in [1.82, 2.24) is 5.32 Å². The van der Waals surface area contributed by atoms with E-state index in [2.05, 4.69) is 12.2 Å². The third-order valence-corrected chi connectivity index (χ3v) is 3.72. The third-order valence-electron chi connectivity index (χ3n) is 3.72. The zero-order valence-corrected chi connectivity index (χ0v) is 9.30. The molecule has 2 nitrogen and oxygen atoms in total. The first-order chi connectivity index (χ1) is 6.90. The molecule has 0 aromatic rings. The molecule has 1 saturated heterocycles. The fraction of sp³-hybridized carbons (Fsp3) is 1.00. The van der Waals surface area contributed by atoms with Gasteiger partial charge in [0.2, 0.25) is 0 Å². The fourth-order valence-corrected chi connectivity index (χ4v) is 3.02. The molecular weight excluding hydrogens is 174 g/mol. The number of hydrogen-bond acceptors (Lipinski definition) is 2. The maximum absolute atomic E-state index is 5.71. The van der Waals surface area contributed by atoms with E-state index in [4.69, 9.17) is 4.74 Å². The minimum atomic E-state index is 0.583. The summed E-state index contributed by atoms with van der Waals surface area (Å²) in [6.07, 6.45) is 8.67. The molecule has 2 fully saturated rings. The number of hydrogen-bond donors (Lipinski definition) is 1. The van der Waals surface area contributed by atoms with Gasteiger partial charge in [-0.2, -0.15) is 0 Å². The van der Waals surface area contributed by atoms with Gasteiger partial charge >= 0.3 is 0 Å². The van der Waals surface area contributed by atoms with E-state index in [1.54, 1.807) is 0 Å². The molecular formula is C12H23NO. The molecule has 14 heavy (non-hydrogen) atoms. The zero-order valence-electron chi connectivity index (χ0n) is 9.30. The maximum atomic E-state index is 5.71. The van der Waals surface area contributed by atoms with Crippen LogP contribution in [0.4, 0.5) is 0 Å². The predicted molar refractivity (Wildman–Crippen MR) is 58.4 cm³/mol. The first-order valence-electron chi connectivity index (χ1n) is 6.25.